The third-order valence-corrected chi connectivity index (χ3v) is 11.4. The summed E-state index contributed by atoms with van der Waals surface area (Å²) < 4.78 is 0. The van der Waals surface area contributed by atoms with E-state index in [0.29, 0.717) is 14.3 Å². The van der Waals surface area contributed by atoms with Crippen molar-refractivity contribution in [2.45, 2.75) is 65.5 Å². The van der Waals surface area contributed by atoms with E-state index in [9.17, 15) is 5.11 Å². The van der Waals surface area contributed by atoms with Gasteiger partial charge in [-0.15, -0.1) is 0 Å². The van der Waals surface area contributed by atoms with Crippen molar-refractivity contribution >= 4 is 56.3 Å². The Labute approximate surface area is 261 Å². The van der Waals surface area contributed by atoms with Crippen LogP contribution in [-0.2, 0) is 34.0 Å². The molecule has 4 rings (SSSR count). The van der Waals surface area contributed by atoms with E-state index in [2.05, 4.69) is 139 Å². The maximum atomic E-state index is 11.5. The first-order chi connectivity index (χ1) is 18.9. The molecule has 0 spiro atoms. The summed E-state index contributed by atoms with van der Waals surface area (Å²) in [5.41, 5.74) is 4.91. The molecule has 0 saturated carbocycles. The molecule has 1 unspecified atom stereocenters. The fourth-order valence-electron chi connectivity index (χ4n) is 4.76. The Kier molecular flexibility index (Phi) is 12.4. The van der Waals surface area contributed by atoms with Crippen LogP contribution in [0.1, 0.15) is 63.8 Å². The van der Waals surface area contributed by atoms with Gasteiger partial charge in [0.15, 0.2) is 0 Å². The monoisotopic (exact) mass is 645 g/mol. The van der Waals surface area contributed by atoms with Gasteiger partial charge in [0.25, 0.3) is 0 Å². The van der Waals surface area contributed by atoms with Crippen LogP contribution in [0.2, 0.25) is 0 Å². The van der Waals surface area contributed by atoms with Crippen molar-refractivity contribution in [1.82, 2.24) is 0 Å². The Morgan fingerprint density at radius 3 is 1.75 bits per heavy atom. The molecule has 1 N–H and O–H groups in total. The van der Waals surface area contributed by atoms with E-state index in [4.69, 9.17) is 18.6 Å². The number of benzene rings is 4. The van der Waals surface area contributed by atoms with E-state index in [1.165, 1.54) is 32.6 Å². The Morgan fingerprint density at radius 1 is 0.750 bits per heavy atom. The standard InChI is InChI=1S/C34H40OP2.2ClH.Ti/c1-24-15-14-16-25(23-37(27-17-10-8-11-18-27)28-19-12-9-13-20-28)32(24)36-30-22-26(33(2,3)4)21-29(31(30)35)34(5,6)7;;;/h8-22,35-36H,23H2,1-7H3;2*1H;/q;;;+2/p-1. The number of aromatic hydroxyl groups is 1. The minimum atomic E-state index is -1.01. The third-order valence-electron chi connectivity index (χ3n) is 7.01. The van der Waals surface area contributed by atoms with Crippen molar-refractivity contribution < 1.29 is 22.1 Å². The van der Waals surface area contributed by atoms with Crippen molar-refractivity contribution in [3.63, 3.8) is 0 Å². The molecule has 1 nitrogen and oxygen atoms in total. The van der Waals surface area contributed by atoms with Crippen molar-refractivity contribution in [3.8, 4) is 5.75 Å². The van der Waals surface area contributed by atoms with Gasteiger partial charge in [-0.1, -0.05) is 111 Å². The van der Waals surface area contributed by atoms with Gasteiger partial charge in [-0.25, -0.2) is 0 Å². The zero-order chi connectivity index (χ0) is 29.5. The molecule has 6 heteroatoms. The summed E-state index contributed by atoms with van der Waals surface area (Å²) in [6.07, 6.45) is 1.02. The third kappa shape index (κ3) is 8.92. The minimum absolute atomic E-state index is 0.0122. The van der Waals surface area contributed by atoms with Gasteiger partial charge in [0.05, 0.1) is 24.7 Å². The quantitative estimate of drug-likeness (QED) is 0.164. The van der Waals surface area contributed by atoms with Crippen LogP contribution in [0.4, 0.5) is 0 Å². The van der Waals surface area contributed by atoms with Crippen molar-refractivity contribution in [3.05, 3.63) is 113 Å². The molecule has 0 aromatic heterocycles. The second-order valence-electron chi connectivity index (χ2n) is 12.1. The molecule has 4 aromatic carbocycles. The molecule has 1 atom stereocenters. The Bertz CT molecular complexity index is 1340. The average molecular weight is 646 g/mol. The molecule has 0 fully saturated rings. The number of phenols is 1. The van der Waals surface area contributed by atoms with Gasteiger partial charge in [0.1, 0.15) is 5.75 Å². The molecular formula is C34H41Cl2OP2Ti+. The van der Waals surface area contributed by atoms with Gasteiger partial charge in [-0.05, 0) is 70.1 Å². The van der Waals surface area contributed by atoms with Crippen LogP contribution < -0.4 is 21.2 Å². The van der Waals surface area contributed by atoms with Crippen molar-refractivity contribution in [1.29, 1.82) is 0 Å². The summed E-state index contributed by atoms with van der Waals surface area (Å²) in [6.45, 7) is 15.6. The van der Waals surface area contributed by atoms with Gasteiger partial charge in [-0.3, -0.25) is 0 Å². The van der Waals surface area contributed by atoms with Crippen LogP contribution in [0, 0.1) is 6.92 Å². The van der Waals surface area contributed by atoms with Gasteiger partial charge in [0.2, 0.25) is 0 Å². The normalized spacial score (nSPS) is 11.9. The van der Waals surface area contributed by atoms with Crippen LogP contribution in [0.15, 0.2) is 91.0 Å². The number of rotatable bonds is 6. The van der Waals surface area contributed by atoms with Crippen LogP contribution >= 0.6 is 35.1 Å². The SMILES string of the molecule is Cc1cccc(C[PH+](c2ccccc2)c2ccccc2)c1Pc1cc(C(C)(C)C)cc(C(C)(C)C)c1O.[Cl][Ti][Cl]. The predicted molar refractivity (Wildman–Crippen MR) is 180 cm³/mol. The number of phenolic OH excluding ortho intramolecular Hbond substituents is 1. The molecule has 0 aliphatic rings. The van der Waals surface area contributed by atoms with Crippen molar-refractivity contribution in [2.24, 2.45) is 0 Å². The molecule has 0 bridgehead atoms. The molecule has 210 valence electrons. The molecule has 0 radical (unpaired) electrons. The molecule has 0 heterocycles. The second-order valence-corrected chi connectivity index (χ2v) is 18.4. The molecular weight excluding hydrogens is 605 g/mol. The summed E-state index contributed by atoms with van der Waals surface area (Å²) in [5.74, 6) is 0.463. The molecule has 0 aliphatic heterocycles. The van der Waals surface area contributed by atoms with Crippen LogP contribution in [0.25, 0.3) is 0 Å². The van der Waals surface area contributed by atoms with Gasteiger partial charge >= 0.3 is 35.6 Å². The number of hydrogen-bond acceptors (Lipinski definition) is 1. The molecule has 4 aromatic rings. The Hall–Kier alpha value is -1.17. The summed E-state index contributed by atoms with van der Waals surface area (Å²) in [6, 6.07) is 33.2. The van der Waals surface area contributed by atoms with E-state index in [0.717, 1.165) is 17.0 Å². The topological polar surface area (TPSA) is 20.2 Å². The first-order valence-corrected chi connectivity index (χ1v) is 20.5. The summed E-state index contributed by atoms with van der Waals surface area (Å²) in [4.78, 5) is 0. The first kappa shape index (κ1) is 33.3. The average Bonchev–Trinajstić information content (AvgIpc) is 2.90. The fraction of sp³-hybridized carbons (Fsp3) is 0.294. The number of aryl methyl sites for hydroxylation is 1. The molecule has 40 heavy (non-hydrogen) atoms. The van der Waals surface area contributed by atoms with E-state index in [-0.39, 0.29) is 10.8 Å². The Morgan fingerprint density at radius 2 is 1.27 bits per heavy atom. The Balaban J connectivity index is 0.00000141. The van der Waals surface area contributed by atoms with Gasteiger partial charge < -0.3 is 5.11 Å². The van der Waals surface area contributed by atoms with Crippen LogP contribution in [0.5, 0.6) is 5.75 Å². The molecule has 0 amide bonds. The van der Waals surface area contributed by atoms with Crippen molar-refractivity contribution in [2.75, 3.05) is 0 Å². The van der Waals surface area contributed by atoms with E-state index in [1.807, 2.05) is 0 Å². The van der Waals surface area contributed by atoms with E-state index >= 15 is 0 Å². The molecule has 0 saturated heterocycles. The predicted octanol–water partition coefficient (Wildman–Crippen LogP) is 8.67. The molecule has 0 aliphatic carbocycles. The first-order valence-electron chi connectivity index (χ1n) is 13.5. The van der Waals surface area contributed by atoms with Crippen LogP contribution in [0.3, 0.4) is 0 Å². The summed E-state index contributed by atoms with van der Waals surface area (Å²) >= 11 is -0.556. The zero-order valence-corrected chi connectivity index (χ0v) is 29.6. The second kappa shape index (κ2) is 14.8. The zero-order valence-electron chi connectivity index (χ0n) is 24.6. The maximum absolute atomic E-state index is 11.5. The van der Waals surface area contributed by atoms with E-state index in [1.54, 1.807) is 0 Å². The fourth-order valence-corrected chi connectivity index (χ4v) is 8.91. The van der Waals surface area contributed by atoms with Gasteiger partial charge in [-0.2, -0.15) is 0 Å². The number of halogens is 2. The van der Waals surface area contributed by atoms with E-state index < -0.39 is 25.0 Å². The summed E-state index contributed by atoms with van der Waals surface area (Å²) in [5, 5.41) is 16.8. The summed E-state index contributed by atoms with van der Waals surface area (Å²) in [7, 11) is 9.17. The van der Waals surface area contributed by atoms with Gasteiger partial charge in [0, 0.05) is 10.9 Å². The number of hydrogen-bond donors (Lipinski definition) is 1. The van der Waals surface area contributed by atoms with Crippen LogP contribution in [-0.4, -0.2) is 5.11 Å².